The first kappa shape index (κ1) is 82.2. The summed E-state index contributed by atoms with van der Waals surface area (Å²) in [7, 11) is -9.75. The van der Waals surface area contributed by atoms with Crippen molar-refractivity contribution in [2.24, 2.45) is 0 Å². The molecule has 0 bridgehead atoms. The molecule has 0 aliphatic rings. The summed E-state index contributed by atoms with van der Waals surface area (Å²) in [6, 6.07) is 0. The van der Waals surface area contributed by atoms with Crippen LogP contribution in [0.15, 0.2) is 60.8 Å². The van der Waals surface area contributed by atoms with Crippen LogP contribution in [-0.2, 0) is 55.8 Å². The van der Waals surface area contributed by atoms with E-state index in [0.717, 1.165) is 109 Å². The van der Waals surface area contributed by atoms with Gasteiger partial charge in [-0.05, 0) is 64.2 Å². The maximum atomic E-state index is 12.8. The predicted octanol–water partition coefficient (Wildman–Crippen LogP) is 18.2. The van der Waals surface area contributed by atoms with Crippen LogP contribution in [0.5, 0.6) is 0 Å². The van der Waals surface area contributed by atoms with Crippen molar-refractivity contribution in [3.8, 4) is 0 Å². The molecule has 0 aliphatic carbocycles. The van der Waals surface area contributed by atoms with Gasteiger partial charge >= 0.3 is 33.6 Å². The van der Waals surface area contributed by atoms with Crippen molar-refractivity contribution < 1.29 is 75.8 Å². The zero-order chi connectivity index (χ0) is 62.4. The maximum Gasteiger partial charge on any atom is 0.472 e. The lowest BCUT2D eigenvalue weighted by atomic mass is 10.0. The molecule has 16 nitrogen and oxygen atoms in total. The first-order valence-corrected chi connectivity index (χ1v) is 36.6. The molecule has 85 heavy (non-hydrogen) atoms. The van der Waals surface area contributed by atoms with E-state index in [1.165, 1.54) is 122 Å². The van der Waals surface area contributed by atoms with Crippen molar-refractivity contribution in [1.82, 2.24) is 0 Å². The zero-order valence-electron chi connectivity index (χ0n) is 53.5. The Kier molecular flexibility index (Phi) is 59.5. The third-order valence-electron chi connectivity index (χ3n) is 14.3. The lowest BCUT2D eigenvalue weighted by molar-refractivity contribution is -0.161. The summed E-state index contributed by atoms with van der Waals surface area (Å²) in [5, 5.41) is 20.5. The Balaban J connectivity index is 4.45. The first-order valence-electron chi connectivity index (χ1n) is 33.6. The summed E-state index contributed by atoms with van der Waals surface area (Å²) in [6.45, 7) is 2.56. The smallest absolute Gasteiger partial charge is 0.463 e. The Labute approximate surface area is 516 Å². The second-order valence-electron chi connectivity index (χ2n) is 22.6. The average Bonchev–Trinajstić information content (AvgIpc) is 3.60. The van der Waals surface area contributed by atoms with Crippen LogP contribution in [0.25, 0.3) is 0 Å². The van der Waals surface area contributed by atoms with Crippen LogP contribution in [0.4, 0.5) is 0 Å². The van der Waals surface area contributed by atoms with Crippen LogP contribution in [0.2, 0.25) is 0 Å². The van der Waals surface area contributed by atoms with Crippen molar-refractivity contribution >= 4 is 33.6 Å². The van der Waals surface area contributed by atoms with Gasteiger partial charge in [0.1, 0.15) is 25.4 Å². The second-order valence-corrected chi connectivity index (χ2v) is 25.5. The molecule has 0 saturated heterocycles. The fraction of sp³-hybridized carbons (Fsp3) is 0.806. The van der Waals surface area contributed by atoms with Gasteiger partial charge in [-0.3, -0.25) is 32.5 Å². The molecule has 496 valence electrons. The Morgan fingerprint density at radius 3 is 0.988 bits per heavy atom. The van der Waals surface area contributed by atoms with Gasteiger partial charge in [0.05, 0.1) is 26.4 Å². The number of aliphatic hydroxyl groups is 2. The van der Waals surface area contributed by atoms with E-state index < -0.39 is 91.5 Å². The predicted molar refractivity (Wildman–Crippen MR) is 344 cm³/mol. The number of aliphatic hydroxyl groups excluding tert-OH is 2. The summed E-state index contributed by atoms with van der Waals surface area (Å²) in [5.74, 6) is -1.56. The maximum absolute atomic E-state index is 12.8. The average molecular weight is 1250 g/mol. The fourth-order valence-corrected chi connectivity index (χ4v) is 10.7. The van der Waals surface area contributed by atoms with Crippen molar-refractivity contribution in [1.29, 1.82) is 0 Å². The van der Waals surface area contributed by atoms with Gasteiger partial charge in [-0.2, -0.15) is 0 Å². The molecule has 0 amide bonds. The Morgan fingerprint density at radius 2 is 0.624 bits per heavy atom. The van der Waals surface area contributed by atoms with Crippen LogP contribution in [0, 0.1) is 0 Å². The topological polar surface area (TPSA) is 231 Å². The van der Waals surface area contributed by atoms with E-state index in [2.05, 4.69) is 81.5 Å². The molecule has 5 unspecified atom stereocenters. The van der Waals surface area contributed by atoms with E-state index in [4.69, 9.17) is 32.3 Å². The molecule has 0 saturated carbocycles. The highest BCUT2D eigenvalue weighted by molar-refractivity contribution is 7.47. The Morgan fingerprint density at radius 1 is 0.341 bits per heavy atom. The van der Waals surface area contributed by atoms with Crippen LogP contribution in [-0.4, -0.2) is 95.9 Å². The molecule has 18 heteroatoms. The van der Waals surface area contributed by atoms with Gasteiger partial charge in [0, 0.05) is 19.3 Å². The lowest BCUT2D eigenvalue weighted by Crippen LogP contribution is -2.30. The Bertz CT molecular complexity index is 1800. The molecule has 0 rings (SSSR count). The number of ether oxygens (including phenoxy) is 3. The molecule has 0 fully saturated rings. The second kappa shape index (κ2) is 61.5. The van der Waals surface area contributed by atoms with Gasteiger partial charge in [0.2, 0.25) is 0 Å². The molecule has 4 N–H and O–H groups in total. The van der Waals surface area contributed by atoms with Gasteiger partial charge in [-0.1, -0.05) is 268 Å². The number of phosphoric ester groups is 2. The molecule has 0 aromatic rings. The lowest BCUT2D eigenvalue weighted by Gasteiger charge is -2.21. The molecule has 0 aliphatic heterocycles. The minimum atomic E-state index is -4.91. The van der Waals surface area contributed by atoms with Gasteiger partial charge < -0.3 is 34.2 Å². The van der Waals surface area contributed by atoms with Crippen LogP contribution in [0.3, 0.4) is 0 Å². The van der Waals surface area contributed by atoms with E-state index >= 15 is 0 Å². The van der Waals surface area contributed by atoms with E-state index in [0.29, 0.717) is 19.3 Å². The van der Waals surface area contributed by atoms with Gasteiger partial charge in [0.15, 0.2) is 6.10 Å². The van der Waals surface area contributed by atoms with E-state index in [-0.39, 0.29) is 19.3 Å². The largest absolute Gasteiger partial charge is 0.472 e. The highest BCUT2D eigenvalue weighted by Crippen LogP contribution is 2.45. The Hall–Kier alpha value is -2.75. The van der Waals surface area contributed by atoms with Gasteiger partial charge in [-0.15, -0.1) is 0 Å². The van der Waals surface area contributed by atoms with Crippen LogP contribution >= 0.6 is 15.6 Å². The number of phosphoric acid groups is 2. The first-order chi connectivity index (χ1) is 41.2. The van der Waals surface area contributed by atoms with E-state index in [1.54, 1.807) is 0 Å². The molecule has 0 heterocycles. The molecular weight excluding hydrogens is 1120 g/mol. The summed E-state index contributed by atoms with van der Waals surface area (Å²) in [4.78, 5) is 58.2. The van der Waals surface area contributed by atoms with E-state index in [1.807, 2.05) is 0 Å². The minimum absolute atomic E-state index is 0.112. The quantitative estimate of drug-likeness (QED) is 0.0146. The highest BCUT2D eigenvalue weighted by atomic mass is 31.2. The number of rotatable bonds is 64. The molecular formula is C67H122O16P2. The van der Waals surface area contributed by atoms with Crippen molar-refractivity contribution in [2.45, 2.75) is 309 Å². The molecule has 0 aromatic heterocycles. The van der Waals surface area contributed by atoms with Crippen molar-refractivity contribution in [3.05, 3.63) is 60.8 Å². The van der Waals surface area contributed by atoms with Gasteiger partial charge in [0.25, 0.3) is 0 Å². The number of carbonyl (C=O) groups is 3. The number of allylic oxidation sites excluding steroid dienone is 10. The van der Waals surface area contributed by atoms with Crippen molar-refractivity contribution in [2.75, 3.05) is 39.6 Å². The summed E-state index contributed by atoms with van der Waals surface area (Å²) >= 11 is 0. The molecule has 0 aromatic carbocycles. The standard InChI is InChI=1S/C67H122O16P2/c1-4-7-10-13-16-19-22-24-25-26-27-28-29-30-31-32-33-34-35-37-40-41-44-47-50-53-65(70)77-56-62(68)57-79-84(73,74)80-58-63(69)59-81-85(75,76)82-61-64(83-67(72)55-52-49-46-43-38-21-18-15-12-9-6-3)60-78-66(71)54-51-48-45-42-39-36-23-20-17-14-11-8-5-2/h7,10,16,19,24-25,27-28,30-31,62-64,68-69H,4-6,8-9,11-15,17-18,20-23,26,29,32-61H2,1-3H3,(H,73,74)(H,75,76)/b10-7-,19-16-,25-24-,28-27-,31-30-. The molecule has 0 spiro atoms. The van der Waals surface area contributed by atoms with Crippen LogP contribution in [0.1, 0.15) is 290 Å². The zero-order valence-corrected chi connectivity index (χ0v) is 55.3. The molecule has 0 radical (unpaired) electrons. The molecule has 5 atom stereocenters. The summed E-state index contributed by atoms with van der Waals surface area (Å²) < 4.78 is 60.7. The number of hydrogen-bond donors (Lipinski definition) is 4. The third-order valence-corrected chi connectivity index (χ3v) is 16.2. The van der Waals surface area contributed by atoms with Gasteiger partial charge in [-0.25, -0.2) is 9.13 Å². The number of esters is 3. The van der Waals surface area contributed by atoms with Crippen LogP contribution < -0.4 is 0 Å². The third kappa shape index (κ3) is 62.7. The van der Waals surface area contributed by atoms with Crippen molar-refractivity contribution in [3.63, 3.8) is 0 Å². The number of carbonyl (C=O) groups excluding carboxylic acids is 3. The monoisotopic (exact) mass is 1240 g/mol. The number of hydrogen-bond acceptors (Lipinski definition) is 14. The normalized spacial score (nSPS) is 14.7. The number of unbranched alkanes of at least 4 members (excludes halogenated alkanes) is 31. The summed E-state index contributed by atoms with van der Waals surface area (Å²) in [5.41, 5.74) is 0. The highest BCUT2D eigenvalue weighted by Gasteiger charge is 2.29. The SMILES string of the molecule is CC/C=C\C/C=C\C/C=C\C/C=C\C/C=C\CCCCCCCCCCCC(=O)OCC(O)COP(=O)(O)OCC(O)COP(=O)(O)OCC(COC(=O)CCCCCCCCCCCCCCC)OC(=O)CCCCCCCCCCCCC. The fourth-order valence-electron chi connectivity index (χ4n) is 9.13. The minimum Gasteiger partial charge on any atom is -0.463 e. The summed E-state index contributed by atoms with van der Waals surface area (Å²) in [6.07, 6.45) is 61.4. The van der Waals surface area contributed by atoms with E-state index in [9.17, 15) is 43.5 Å².